The second-order valence-corrected chi connectivity index (χ2v) is 2.77. The maximum atomic E-state index is 8.21. The fraction of sp³-hybridized carbons (Fsp3) is 0. The standard InChI is InChI=1S/C7H3ClN4O/c8-4-1-2-6-5(3-4)7(10-12-9)11-13-6/h1-3H. The van der Waals surface area contributed by atoms with Crippen molar-refractivity contribution in [2.24, 2.45) is 5.11 Å². The van der Waals surface area contributed by atoms with Crippen LogP contribution in [0.4, 0.5) is 5.82 Å². The van der Waals surface area contributed by atoms with Crippen molar-refractivity contribution in [3.63, 3.8) is 0 Å². The molecule has 0 unspecified atom stereocenters. The molecule has 13 heavy (non-hydrogen) atoms. The molecule has 1 aromatic carbocycles. The van der Waals surface area contributed by atoms with E-state index in [1.54, 1.807) is 18.2 Å². The fourth-order valence-corrected chi connectivity index (χ4v) is 1.18. The first-order chi connectivity index (χ1) is 6.31. The van der Waals surface area contributed by atoms with E-state index in [2.05, 4.69) is 15.2 Å². The SMILES string of the molecule is [N-]=[N+]=Nc1noc2ccc(Cl)cc12. The Balaban J connectivity index is 2.78. The van der Waals surface area contributed by atoms with Crippen molar-refractivity contribution in [3.05, 3.63) is 33.7 Å². The van der Waals surface area contributed by atoms with Crippen molar-refractivity contribution >= 4 is 28.4 Å². The third-order valence-electron chi connectivity index (χ3n) is 1.55. The molecule has 0 bridgehead atoms. The minimum Gasteiger partial charge on any atom is -0.356 e. The van der Waals surface area contributed by atoms with Gasteiger partial charge in [0, 0.05) is 9.93 Å². The van der Waals surface area contributed by atoms with E-state index in [0.717, 1.165) is 0 Å². The number of hydrogen-bond acceptors (Lipinski definition) is 3. The van der Waals surface area contributed by atoms with Crippen LogP contribution in [0.2, 0.25) is 5.02 Å². The van der Waals surface area contributed by atoms with Crippen LogP contribution < -0.4 is 0 Å². The maximum Gasteiger partial charge on any atom is 0.177 e. The lowest BCUT2D eigenvalue weighted by atomic mass is 10.2. The quantitative estimate of drug-likeness (QED) is 0.396. The summed E-state index contributed by atoms with van der Waals surface area (Å²) in [4.78, 5) is 2.62. The van der Waals surface area contributed by atoms with Crippen molar-refractivity contribution in [1.82, 2.24) is 5.16 Å². The third kappa shape index (κ3) is 1.30. The topological polar surface area (TPSA) is 74.8 Å². The predicted molar refractivity (Wildman–Crippen MR) is 47.8 cm³/mol. The van der Waals surface area contributed by atoms with Crippen LogP contribution in [0.25, 0.3) is 21.4 Å². The van der Waals surface area contributed by atoms with Gasteiger partial charge in [-0.05, 0) is 28.8 Å². The molecule has 0 spiro atoms. The molecule has 0 fully saturated rings. The molecule has 0 amide bonds. The summed E-state index contributed by atoms with van der Waals surface area (Å²) in [5.74, 6) is 0.208. The number of rotatable bonds is 1. The lowest BCUT2D eigenvalue weighted by Gasteiger charge is -1.87. The molecule has 0 radical (unpaired) electrons. The summed E-state index contributed by atoms with van der Waals surface area (Å²) in [5.41, 5.74) is 8.76. The van der Waals surface area contributed by atoms with E-state index in [9.17, 15) is 0 Å². The van der Waals surface area contributed by atoms with Gasteiger partial charge in [-0.2, -0.15) is 0 Å². The number of benzene rings is 1. The lowest BCUT2D eigenvalue weighted by molar-refractivity contribution is 0.458. The van der Waals surface area contributed by atoms with Crippen LogP contribution in [-0.4, -0.2) is 5.16 Å². The van der Waals surface area contributed by atoms with Crippen LogP contribution in [0.5, 0.6) is 0 Å². The zero-order chi connectivity index (χ0) is 9.26. The molecule has 0 atom stereocenters. The summed E-state index contributed by atoms with van der Waals surface area (Å²) >= 11 is 5.74. The minimum absolute atomic E-state index is 0.208. The highest BCUT2D eigenvalue weighted by Crippen LogP contribution is 2.27. The zero-order valence-electron chi connectivity index (χ0n) is 6.31. The van der Waals surface area contributed by atoms with Gasteiger partial charge < -0.3 is 4.52 Å². The molecule has 0 aliphatic heterocycles. The van der Waals surface area contributed by atoms with Crippen LogP contribution in [0.3, 0.4) is 0 Å². The number of hydrogen-bond donors (Lipinski definition) is 0. The van der Waals surface area contributed by atoms with Gasteiger partial charge >= 0.3 is 0 Å². The molecule has 5 nitrogen and oxygen atoms in total. The highest BCUT2D eigenvalue weighted by Gasteiger charge is 2.05. The maximum absolute atomic E-state index is 8.21. The summed E-state index contributed by atoms with van der Waals surface area (Å²) in [5, 5.41) is 8.09. The summed E-state index contributed by atoms with van der Waals surface area (Å²) in [6.45, 7) is 0. The smallest absolute Gasteiger partial charge is 0.177 e. The average molecular weight is 195 g/mol. The van der Waals surface area contributed by atoms with Gasteiger partial charge in [-0.15, -0.1) is 0 Å². The van der Waals surface area contributed by atoms with Gasteiger partial charge in [0.05, 0.1) is 5.39 Å². The summed E-state index contributed by atoms with van der Waals surface area (Å²) < 4.78 is 4.88. The Morgan fingerprint density at radius 3 is 3.15 bits per heavy atom. The summed E-state index contributed by atoms with van der Waals surface area (Å²) in [6, 6.07) is 4.98. The van der Waals surface area contributed by atoms with Gasteiger partial charge in [-0.1, -0.05) is 16.8 Å². The first kappa shape index (κ1) is 7.91. The van der Waals surface area contributed by atoms with Crippen LogP contribution in [0.15, 0.2) is 27.8 Å². The molecule has 0 aliphatic carbocycles. The Morgan fingerprint density at radius 1 is 1.54 bits per heavy atom. The van der Waals surface area contributed by atoms with E-state index >= 15 is 0 Å². The number of fused-ring (bicyclic) bond motifs is 1. The normalized spacial score (nSPS) is 9.92. The van der Waals surface area contributed by atoms with Gasteiger partial charge in [0.2, 0.25) is 0 Å². The largest absolute Gasteiger partial charge is 0.356 e. The Morgan fingerprint density at radius 2 is 2.38 bits per heavy atom. The molecule has 1 heterocycles. The van der Waals surface area contributed by atoms with E-state index in [1.807, 2.05) is 0 Å². The van der Waals surface area contributed by atoms with Crippen molar-refractivity contribution in [1.29, 1.82) is 0 Å². The minimum atomic E-state index is 0.208. The van der Waals surface area contributed by atoms with E-state index < -0.39 is 0 Å². The number of azide groups is 1. The molecule has 64 valence electrons. The molecular formula is C7H3ClN4O. The summed E-state index contributed by atoms with van der Waals surface area (Å²) in [7, 11) is 0. The molecule has 2 rings (SSSR count). The number of halogens is 1. The fourth-order valence-electron chi connectivity index (χ4n) is 1.01. The van der Waals surface area contributed by atoms with Gasteiger partial charge in [-0.3, -0.25) is 0 Å². The second-order valence-electron chi connectivity index (χ2n) is 2.34. The summed E-state index contributed by atoms with van der Waals surface area (Å²) in [6.07, 6.45) is 0. The Labute approximate surface area is 77.5 Å². The van der Waals surface area contributed by atoms with E-state index in [4.69, 9.17) is 21.7 Å². The van der Waals surface area contributed by atoms with Gasteiger partial charge in [0.1, 0.15) is 0 Å². The van der Waals surface area contributed by atoms with E-state index in [1.165, 1.54) is 0 Å². The molecule has 0 N–H and O–H groups in total. The first-order valence-corrected chi connectivity index (χ1v) is 3.79. The molecular weight excluding hydrogens is 192 g/mol. The average Bonchev–Trinajstić information content (AvgIpc) is 2.49. The number of nitrogens with zero attached hydrogens (tertiary/aromatic N) is 4. The Kier molecular flexibility index (Phi) is 1.81. The van der Waals surface area contributed by atoms with E-state index in [0.29, 0.717) is 16.0 Å². The monoisotopic (exact) mass is 194 g/mol. The van der Waals surface area contributed by atoms with Crippen LogP contribution in [0, 0.1) is 0 Å². The van der Waals surface area contributed by atoms with Crippen LogP contribution in [-0.2, 0) is 0 Å². The molecule has 0 saturated heterocycles. The second kappa shape index (κ2) is 2.97. The highest BCUT2D eigenvalue weighted by atomic mass is 35.5. The molecule has 0 aliphatic rings. The van der Waals surface area contributed by atoms with Gasteiger partial charge in [0.15, 0.2) is 11.4 Å². The Hall–Kier alpha value is -1.71. The van der Waals surface area contributed by atoms with Crippen molar-refractivity contribution in [2.75, 3.05) is 0 Å². The molecule has 0 saturated carbocycles. The van der Waals surface area contributed by atoms with E-state index in [-0.39, 0.29) is 5.82 Å². The van der Waals surface area contributed by atoms with Crippen LogP contribution >= 0.6 is 11.6 Å². The lowest BCUT2D eigenvalue weighted by Crippen LogP contribution is -1.64. The highest BCUT2D eigenvalue weighted by molar-refractivity contribution is 6.31. The van der Waals surface area contributed by atoms with Crippen LogP contribution in [0.1, 0.15) is 0 Å². The van der Waals surface area contributed by atoms with Crippen molar-refractivity contribution in [2.45, 2.75) is 0 Å². The van der Waals surface area contributed by atoms with Gasteiger partial charge in [-0.25, -0.2) is 0 Å². The first-order valence-electron chi connectivity index (χ1n) is 3.41. The van der Waals surface area contributed by atoms with Crippen molar-refractivity contribution in [3.8, 4) is 0 Å². The molecule has 6 heteroatoms. The third-order valence-corrected chi connectivity index (χ3v) is 1.79. The number of aromatic nitrogens is 1. The molecule has 1 aromatic heterocycles. The van der Waals surface area contributed by atoms with Crippen molar-refractivity contribution < 1.29 is 4.52 Å². The Bertz CT molecular complexity index is 500. The van der Waals surface area contributed by atoms with Gasteiger partial charge in [0.25, 0.3) is 0 Å². The molecule has 2 aromatic rings. The predicted octanol–water partition coefficient (Wildman–Crippen LogP) is 3.42. The zero-order valence-corrected chi connectivity index (χ0v) is 7.06.